The van der Waals surface area contributed by atoms with E-state index in [1.807, 2.05) is 20.8 Å². The van der Waals surface area contributed by atoms with Crippen LogP contribution in [0.1, 0.15) is 59.3 Å². The zero-order chi connectivity index (χ0) is 18.7. The SMILES string of the molecule is CCOCCCCO.CCOCCCCO.CCOCCCCO.[Y]. The summed E-state index contributed by atoms with van der Waals surface area (Å²) in [5.74, 6) is 0. The number of ether oxygens (including phenoxy) is 3. The van der Waals surface area contributed by atoms with Gasteiger partial charge in [-0.1, -0.05) is 0 Å². The molecule has 0 aliphatic carbocycles. The topological polar surface area (TPSA) is 88.4 Å². The summed E-state index contributed by atoms with van der Waals surface area (Å²) >= 11 is 0. The molecule has 6 nitrogen and oxygen atoms in total. The van der Waals surface area contributed by atoms with Crippen LogP contribution in [0.5, 0.6) is 0 Å². The minimum absolute atomic E-state index is 0. The number of rotatable bonds is 15. The number of unbranched alkanes of at least 4 members (excludes halogenated alkanes) is 3. The van der Waals surface area contributed by atoms with Gasteiger partial charge in [0, 0.05) is 92.2 Å². The van der Waals surface area contributed by atoms with Crippen LogP contribution in [-0.4, -0.2) is 74.8 Å². The van der Waals surface area contributed by atoms with Crippen LogP contribution in [0.3, 0.4) is 0 Å². The fraction of sp³-hybridized carbons (Fsp3) is 1.00. The Hall–Kier alpha value is 0.864. The molecule has 0 bridgehead atoms. The van der Waals surface area contributed by atoms with Crippen LogP contribution in [0, 0.1) is 0 Å². The second-order valence-electron chi connectivity index (χ2n) is 4.88. The van der Waals surface area contributed by atoms with Gasteiger partial charge >= 0.3 is 0 Å². The van der Waals surface area contributed by atoms with Crippen LogP contribution in [0.4, 0.5) is 0 Å². The minimum Gasteiger partial charge on any atom is -0.396 e. The molecule has 0 atom stereocenters. The van der Waals surface area contributed by atoms with Crippen LogP contribution >= 0.6 is 0 Å². The van der Waals surface area contributed by atoms with E-state index in [4.69, 9.17) is 29.5 Å². The summed E-state index contributed by atoms with van der Waals surface area (Å²) in [6, 6.07) is 0. The average molecular weight is 443 g/mol. The molecule has 0 saturated heterocycles. The molecule has 25 heavy (non-hydrogen) atoms. The van der Waals surface area contributed by atoms with E-state index < -0.39 is 0 Å². The summed E-state index contributed by atoms with van der Waals surface area (Å²) in [6.07, 6.45) is 5.51. The number of hydrogen-bond donors (Lipinski definition) is 3. The normalized spacial score (nSPS) is 9.36. The maximum Gasteiger partial charge on any atom is 0.0466 e. The van der Waals surface area contributed by atoms with Gasteiger partial charge in [0.05, 0.1) is 0 Å². The molecule has 0 aromatic heterocycles. The van der Waals surface area contributed by atoms with Crippen molar-refractivity contribution >= 4 is 0 Å². The predicted molar refractivity (Wildman–Crippen MR) is 98.4 cm³/mol. The summed E-state index contributed by atoms with van der Waals surface area (Å²) in [7, 11) is 0. The maximum absolute atomic E-state index is 8.31. The van der Waals surface area contributed by atoms with Crippen LogP contribution in [-0.2, 0) is 46.9 Å². The second kappa shape index (κ2) is 39.8. The zero-order valence-corrected chi connectivity index (χ0v) is 19.6. The smallest absolute Gasteiger partial charge is 0.0466 e. The average Bonchev–Trinajstić information content (AvgIpc) is 2.61. The Morgan fingerprint density at radius 3 is 0.880 bits per heavy atom. The molecule has 7 heteroatoms. The fourth-order valence-corrected chi connectivity index (χ4v) is 1.38. The molecule has 0 aromatic carbocycles. The van der Waals surface area contributed by atoms with Crippen LogP contribution in [0.25, 0.3) is 0 Å². The Balaban J connectivity index is -0.000000130. The van der Waals surface area contributed by atoms with E-state index in [1.54, 1.807) is 0 Å². The first-order valence-corrected chi connectivity index (χ1v) is 9.30. The van der Waals surface area contributed by atoms with Crippen molar-refractivity contribution in [2.24, 2.45) is 0 Å². The van der Waals surface area contributed by atoms with Gasteiger partial charge in [-0.15, -0.1) is 0 Å². The number of aliphatic hydroxyl groups excluding tert-OH is 3. The molecule has 0 spiro atoms. The molecular formula is C18H42O6Y. The Morgan fingerprint density at radius 1 is 0.480 bits per heavy atom. The standard InChI is InChI=1S/3C6H14O2.Y/c3*1-2-8-6-4-3-5-7;/h3*7H,2-6H2,1H3;. The third kappa shape index (κ3) is 51.6. The fourth-order valence-electron chi connectivity index (χ4n) is 1.38. The monoisotopic (exact) mass is 443 g/mol. The predicted octanol–water partition coefficient (Wildman–Crippen LogP) is 2.38. The van der Waals surface area contributed by atoms with E-state index >= 15 is 0 Å². The first-order chi connectivity index (χ1) is 11.7. The molecule has 0 aliphatic heterocycles. The Bertz CT molecular complexity index is 129. The molecule has 0 aromatic rings. The molecular weight excluding hydrogens is 401 g/mol. The third-order valence-corrected chi connectivity index (χ3v) is 2.70. The first kappa shape index (κ1) is 33.4. The molecule has 153 valence electrons. The van der Waals surface area contributed by atoms with Crippen molar-refractivity contribution in [3.63, 3.8) is 0 Å². The van der Waals surface area contributed by atoms with Gasteiger partial charge in [-0.25, -0.2) is 0 Å². The van der Waals surface area contributed by atoms with Gasteiger partial charge in [0.25, 0.3) is 0 Å². The first-order valence-electron chi connectivity index (χ1n) is 9.30. The molecule has 3 N–H and O–H groups in total. The van der Waals surface area contributed by atoms with Crippen molar-refractivity contribution in [3.8, 4) is 0 Å². The Kier molecular flexibility index (Phi) is 53.2. The van der Waals surface area contributed by atoms with Gasteiger partial charge in [-0.3, -0.25) is 0 Å². The quantitative estimate of drug-likeness (QED) is 0.337. The number of aliphatic hydroxyl groups is 3. The van der Waals surface area contributed by atoms with Crippen molar-refractivity contribution in [2.75, 3.05) is 59.5 Å². The van der Waals surface area contributed by atoms with Crippen LogP contribution in [0.15, 0.2) is 0 Å². The Morgan fingerprint density at radius 2 is 0.720 bits per heavy atom. The van der Waals surface area contributed by atoms with Crippen molar-refractivity contribution in [1.82, 2.24) is 0 Å². The summed E-state index contributed by atoms with van der Waals surface area (Å²) in [5, 5.41) is 24.9. The molecule has 0 rings (SSSR count). The van der Waals surface area contributed by atoms with E-state index in [2.05, 4.69) is 0 Å². The summed E-state index contributed by atoms with van der Waals surface area (Å²) in [5.41, 5.74) is 0. The molecule has 0 saturated carbocycles. The Labute approximate surface area is 180 Å². The second-order valence-corrected chi connectivity index (χ2v) is 4.88. The van der Waals surface area contributed by atoms with E-state index in [0.717, 1.165) is 78.2 Å². The van der Waals surface area contributed by atoms with Gasteiger partial charge < -0.3 is 29.5 Å². The van der Waals surface area contributed by atoms with E-state index in [0.29, 0.717) is 0 Å². The molecule has 0 heterocycles. The van der Waals surface area contributed by atoms with Crippen LogP contribution in [0.2, 0.25) is 0 Å². The maximum atomic E-state index is 8.31. The molecule has 0 amide bonds. The van der Waals surface area contributed by atoms with E-state index in [1.165, 1.54) is 0 Å². The van der Waals surface area contributed by atoms with Crippen molar-refractivity contribution in [1.29, 1.82) is 0 Å². The van der Waals surface area contributed by atoms with Gasteiger partial charge in [-0.2, -0.15) is 0 Å². The van der Waals surface area contributed by atoms with Crippen LogP contribution < -0.4 is 0 Å². The third-order valence-electron chi connectivity index (χ3n) is 2.70. The molecule has 0 aliphatic rings. The van der Waals surface area contributed by atoms with Gasteiger partial charge in [0.1, 0.15) is 0 Å². The summed E-state index contributed by atoms with van der Waals surface area (Å²) in [4.78, 5) is 0. The largest absolute Gasteiger partial charge is 0.396 e. The zero-order valence-electron chi connectivity index (χ0n) is 16.8. The summed E-state index contributed by atoms with van der Waals surface area (Å²) in [6.45, 7) is 11.5. The van der Waals surface area contributed by atoms with Gasteiger partial charge in [0.2, 0.25) is 0 Å². The van der Waals surface area contributed by atoms with Crippen molar-refractivity contribution in [3.05, 3.63) is 0 Å². The molecule has 0 fully saturated rings. The van der Waals surface area contributed by atoms with E-state index in [-0.39, 0.29) is 52.5 Å². The molecule has 1 radical (unpaired) electrons. The van der Waals surface area contributed by atoms with Crippen molar-refractivity contribution < 1.29 is 62.2 Å². The molecule has 0 unspecified atom stereocenters. The van der Waals surface area contributed by atoms with Crippen molar-refractivity contribution in [2.45, 2.75) is 59.3 Å². The number of hydrogen-bond acceptors (Lipinski definition) is 6. The minimum atomic E-state index is 0. The van der Waals surface area contributed by atoms with Gasteiger partial charge in [-0.05, 0) is 59.3 Å². The van der Waals surface area contributed by atoms with Gasteiger partial charge in [0.15, 0.2) is 0 Å². The van der Waals surface area contributed by atoms with E-state index in [9.17, 15) is 0 Å². The summed E-state index contributed by atoms with van der Waals surface area (Å²) < 4.78 is 15.1.